The van der Waals surface area contributed by atoms with Crippen LogP contribution in [0.25, 0.3) is 0 Å². The number of hydrogen-bond acceptors (Lipinski definition) is 2. The zero-order valence-corrected chi connectivity index (χ0v) is 14.2. The van der Waals surface area contributed by atoms with Gasteiger partial charge in [0.1, 0.15) is 5.82 Å². The topological polar surface area (TPSA) is 36.8 Å². The van der Waals surface area contributed by atoms with Gasteiger partial charge in [0.25, 0.3) is 5.91 Å². The summed E-state index contributed by atoms with van der Waals surface area (Å²) in [6, 6.07) is 11.3. The second kappa shape index (κ2) is 7.20. The number of piperazine rings is 1. The highest BCUT2D eigenvalue weighted by atomic mass is 35.5. The lowest BCUT2D eigenvalue weighted by Crippen LogP contribution is -3.12. The second-order valence-electron chi connectivity index (χ2n) is 6.04. The molecule has 4 nitrogen and oxygen atoms in total. The quantitative estimate of drug-likeness (QED) is 0.891. The molecule has 1 amide bonds. The molecule has 6 heteroatoms. The molecule has 2 aromatic carbocycles. The van der Waals surface area contributed by atoms with Gasteiger partial charge >= 0.3 is 0 Å². The van der Waals surface area contributed by atoms with Gasteiger partial charge in [-0.1, -0.05) is 23.7 Å². The molecule has 0 saturated carbocycles. The van der Waals surface area contributed by atoms with E-state index in [0.29, 0.717) is 10.7 Å². The third kappa shape index (κ3) is 3.68. The summed E-state index contributed by atoms with van der Waals surface area (Å²) >= 11 is 6.39. The Bertz CT molecular complexity index is 745. The summed E-state index contributed by atoms with van der Waals surface area (Å²) in [5.41, 5.74) is 1.53. The lowest BCUT2D eigenvalue weighted by molar-refractivity contribution is -0.880. The fourth-order valence-corrected chi connectivity index (χ4v) is 3.11. The zero-order valence-electron chi connectivity index (χ0n) is 13.5. The van der Waals surface area contributed by atoms with Gasteiger partial charge in [-0.25, -0.2) is 4.39 Å². The number of carbonyl (C=O) groups is 1. The maximum Gasteiger partial charge on any atom is 0.258 e. The summed E-state index contributed by atoms with van der Waals surface area (Å²) < 4.78 is 13.7. The van der Waals surface area contributed by atoms with Gasteiger partial charge in [0.2, 0.25) is 0 Å². The number of benzene rings is 2. The third-order valence-electron chi connectivity index (χ3n) is 4.28. The zero-order chi connectivity index (χ0) is 17.1. The number of carbonyl (C=O) groups excluding carboxylic acids is 1. The van der Waals surface area contributed by atoms with Gasteiger partial charge in [-0.3, -0.25) is 4.79 Å². The number of hydrogen-bond donors (Lipinski definition) is 2. The van der Waals surface area contributed by atoms with E-state index in [2.05, 4.69) is 17.3 Å². The van der Waals surface area contributed by atoms with Crippen molar-refractivity contribution in [2.45, 2.75) is 0 Å². The SMILES string of the molecule is C[NH+]1CCN(c2ccc(NC(=O)c3ccccc3F)cc2Cl)CC1. The molecule has 1 heterocycles. The van der Waals surface area contributed by atoms with E-state index in [9.17, 15) is 9.18 Å². The summed E-state index contributed by atoms with van der Waals surface area (Å²) in [6.45, 7) is 4.04. The highest BCUT2D eigenvalue weighted by molar-refractivity contribution is 6.33. The smallest absolute Gasteiger partial charge is 0.258 e. The average molecular weight is 349 g/mol. The van der Waals surface area contributed by atoms with Gasteiger partial charge < -0.3 is 15.1 Å². The molecule has 0 atom stereocenters. The molecule has 2 aromatic rings. The van der Waals surface area contributed by atoms with Crippen LogP contribution in [0.2, 0.25) is 5.02 Å². The summed E-state index contributed by atoms with van der Waals surface area (Å²) in [4.78, 5) is 15.9. The normalized spacial score (nSPS) is 15.4. The molecule has 0 aliphatic carbocycles. The molecule has 2 N–H and O–H groups in total. The van der Waals surface area contributed by atoms with Crippen LogP contribution >= 0.6 is 11.6 Å². The molecule has 1 saturated heterocycles. The Balaban J connectivity index is 1.73. The van der Waals surface area contributed by atoms with Crippen LogP contribution in [0.5, 0.6) is 0 Å². The highest BCUT2D eigenvalue weighted by Crippen LogP contribution is 2.29. The fourth-order valence-electron chi connectivity index (χ4n) is 2.81. The van der Waals surface area contributed by atoms with E-state index >= 15 is 0 Å². The Kier molecular flexibility index (Phi) is 5.02. The summed E-state index contributed by atoms with van der Waals surface area (Å²) in [5.74, 6) is -1.03. The first-order valence-electron chi connectivity index (χ1n) is 7.96. The molecule has 0 spiro atoms. The number of nitrogens with zero attached hydrogens (tertiary/aromatic N) is 1. The minimum absolute atomic E-state index is 0.0136. The van der Waals surface area contributed by atoms with Crippen LogP contribution in [-0.4, -0.2) is 39.1 Å². The van der Waals surface area contributed by atoms with Crippen molar-refractivity contribution in [2.24, 2.45) is 0 Å². The molecule has 126 valence electrons. The number of amides is 1. The van der Waals surface area contributed by atoms with E-state index in [1.54, 1.807) is 24.3 Å². The Hall–Kier alpha value is -2.11. The molecule has 1 fully saturated rings. The van der Waals surface area contributed by atoms with Gasteiger partial charge in [0.05, 0.1) is 49.5 Å². The first-order chi connectivity index (χ1) is 11.5. The van der Waals surface area contributed by atoms with Gasteiger partial charge in [-0.15, -0.1) is 0 Å². The molecular weight excluding hydrogens is 329 g/mol. The molecule has 1 aliphatic rings. The van der Waals surface area contributed by atoms with Gasteiger partial charge in [-0.2, -0.15) is 0 Å². The third-order valence-corrected chi connectivity index (χ3v) is 4.58. The molecule has 24 heavy (non-hydrogen) atoms. The highest BCUT2D eigenvalue weighted by Gasteiger charge is 2.19. The minimum Gasteiger partial charge on any atom is -0.359 e. The Morgan fingerprint density at radius 3 is 2.58 bits per heavy atom. The van der Waals surface area contributed by atoms with E-state index in [1.165, 1.54) is 17.0 Å². The molecule has 3 rings (SSSR count). The van der Waals surface area contributed by atoms with Crippen molar-refractivity contribution >= 4 is 28.9 Å². The lowest BCUT2D eigenvalue weighted by atomic mass is 10.2. The molecular formula is C18H20ClFN3O+. The fraction of sp³-hybridized carbons (Fsp3) is 0.278. The van der Waals surface area contributed by atoms with E-state index in [1.807, 2.05) is 6.07 Å². The molecule has 0 aromatic heterocycles. The van der Waals surface area contributed by atoms with Gasteiger partial charge in [-0.05, 0) is 30.3 Å². The minimum atomic E-state index is -0.544. The number of anilines is 2. The van der Waals surface area contributed by atoms with Crippen molar-refractivity contribution in [3.05, 3.63) is 58.9 Å². The Morgan fingerprint density at radius 1 is 1.21 bits per heavy atom. The standard InChI is InChI=1S/C18H19ClFN3O/c1-22-8-10-23(11-9-22)17-7-6-13(12-15(17)19)21-18(24)14-4-2-3-5-16(14)20/h2-7,12H,8-11H2,1H3,(H,21,24)/p+1. The lowest BCUT2D eigenvalue weighted by Gasteiger charge is -2.32. The Morgan fingerprint density at radius 2 is 1.92 bits per heavy atom. The summed E-state index contributed by atoms with van der Waals surface area (Å²) in [6.07, 6.45) is 0. The summed E-state index contributed by atoms with van der Waals surface area (Å²) in [5, 5.41) is 3.28. The molecule has 0 unspecified atom stereocenters. The average Bonchev–Trinajstić information content (AvgIpc) is 2.56. The van der Waals surface area contributed by atoms with Crippen LogP contribution in [0.15, 0.2) is 42.5 Å². The molecule has 0 radical (unpaired) electrons. The number of rotatable bonds is 3. The van der Waals surface area contributed by atoms with Gasteiger partial charge in [0.15, 0.2) is 0 Å². The number of halogens is 2. The van der Waals surface area contributed by atoms with E-state index in [4.69, 9.17) is 11.6 Å². The van der Waals surface area contributed by atoms with E-state index in [0.717, 1.165) is 31.9 Å². The van der Waals surface area contributed by atoms with Crippen molar-refractivity contribution in [3.63, 3.8) is 0 Å². The number of likely N-dealkylation sites (N-methyl/N-ethyl adjacent to an activating group) is 1. The first-order valence-corrected chi connectivity index (χ1v) is 8.34. The first kappa shape index (κ1) is 16.7. The maximum absolute atomic E-state index is 13.7. The summed E-state index contributed by atoms with van der Waals surface area (Å²) in [7, 11) is 2.18. The van der Waals surface area contributed by atoms with Crippen LogP contribution in [0.1, 0.15) is 10.4 Å². The van der Waals surface area contributed by atoms with Gasteiger partial charge in [0, 0.05) is 5.69 Å². The number of quaternary nitrogens is 1. The van der Waals surface area contributed by atoms with E-state index in [-0.39, 0.29) is 5.56 Å². The van der Waals surface area contributed by atoms with Crippen molar-refractivity contribution in [1.29, 1.82) is 0 Å². The molecule has 1 aliphatic heterocycles. The van der Waals surface area contributed by atoms with E-state index < -0.39 is 11.7 Å². The van der Waals surface area contributed by atoms with Crippen molar-refractivity contribution < 1.29 is 14.1 Å². The van der Waals surface area contributed by atoms with Crippen molar-refractivity contribution in [3.8, 4) is 0 Å². The predicted molar refractivity (Wildman–Crippen MR) is 94.6 cm³/mol. The van der Waals surface area contributed by atoms with Crippen molar-refractivity contribution in [2.75, 3.05) is 43.4 Å². The largest absolute Gasteiger partial charge is 0.359 e. The Labute approximate surface area is 145 Å². The van der Waals surface area contributed by atoms with Crippen molar-refractivity contribution in [1.82, 2.24) is 0 Å². The van der Waals surface area contributed by atoms with Crippen LogP contribution in [0.4, 0.5) is 15.8 Å². The maximum atomic E-state index is 13.7. The van der Waals surface area contributed by atoms with Crippen LogP contribution in [0, 0.1) is 5.82 Å². The van der Waals surface area contributed by atoms with Crippen LogP contribution < -0.4 is 15.1 Å². The van der Waals surface area contributed by atoms with Crippen LogP contribution in [0.3, 0.4) is 0 Å². The second-order valence-corrected chi connectivity index (χ2v) is 6.45. The monoisotopic (exact) mass is 348 g/mol. The predicted octanol–water partition coefficient (Wildman–Crippen LogP) is 2.07. The number of nitrogens with one attached hydrogen (secondary N) is 2. The van der Waals surface area contributed by atoms with Crippen LogP contribution in [-0.2, 0) is 0 Å². The molecule has 0 bridgehead atoms.